The summed E-state index contributed by atoms with van der Waals surface area (Å²) in [4.78, 5) is 15.3. The Morgan fingerprint density at radius 2 is 2.36 bits per heavy atom. The molecule has 0 aromatic carbocycles. The fourth-order valence-corrected chi connectivity index (χ4v) is 1.09. The van der Waals surface area contributed by atoms with Crippen LogP contribution >= 0.6 is 0 Å². The number of nitrogens with two attached hydrogens (primary N) is 1. The number of hydrogen-bond acceptors (Lipinski definition) is 4. The first-order valence-electron chi connectivity index (χ1n) is 4.50. The number of ether oxygens (including phenoxy) is 1. The number of methoxy groups -OCH3 is 1. The highest BCUT2D eigenvalue weighted by Gasteiger charge is 2.10. The van der Waals surface area contributed by atoms with E-state index in [4.69, 9.17) is 5.73 Å². The first-order chi connectivity index (χ1) is 6.69. The largest absolute Gasteiger partial charge is 0.464 e. The third-order valence-corrected chi connectivity index (χ3v) is 1.98. The summed E-state index contributed by atoms with van der Waals surface area (Å²) in [6, 6.07) is 5.04. The highest BCUT2D eigenvalue weighted by atomic mass is 16.5. The van der Waals surface area contributed by atoms with Gasteiger partial charge in [-0.2, -0.15) is 0 Å². The Kier molecular flexibility index (Phi) is 3.59. The Bertz CT molecular complexity index is 326. The molecular weight excluding hydrogens is 180 g/mol. The minimum Gasteiger partial charge on any atom is -0.464 e. The van der Waals surface area contributed by atoms with Crippen LogP contribution in [0.15, 0.2) is 18.2 Å². The number of pyridine rings is 1. The zero-order valence-electron chi connectivity index (χ0n) is 8.36. The standard InChI is InChI=1S/C10H14N2O2/c1-3-7(11)8-5-4-6-9(12-8)10(13)14-2/h4-7H,3,11H2,1-2H3. The average Bonchev–Trinajstić information content (AvgIpc) is 2.27. The molecule has 0 fully saturated rings. The van der Waals surface area contributed by atoms with E-state index in [0.29, 0.717) is 5.69 Å². The molecule has 1 aromatic rings. The molecule has 1 aromatic heterocycles. The lowest BCUT2D eigenvalue weighted by Crippen LogP contribution is -2.13. The van der Waals surface area contributed by atoms with Crippen molar-refractivity contribution in [3.63, 3.8) is 0 Å². The van der Waals surface area contributed by atoms with Crippen LogP contribution in [0.3, 0.4) is 0 Å². The number of hydrogen-bond donors (Lipinski definition) is 1. The van der Waals surface area contributed by atoms with Gasteiger partial charge in [0.15, 0.2) is 0 Å². The molecule has 0 radical (unpaired) electrons. The maximum atomic E-state index is 11.2. The topological polar surface area (TPSA) is 65.2 Å². The van der Waals surface area contributed by atoms with E-state index < -0.39 is 5.97 Å². The van der Waals surface area contributed by atoms with Gasteiger partial charge in [-0.25, -0.2) is 9.78 Å². The van der Waals surface area contributed by atoms with Crippen LogP contribution in [0.25, 0.3) is 0 Å². The Morgan fingerprint density at radius 1 is 1.64 bits per heavy atom. The Hall–Kier alpha value is -1.42. The van der Waals surface area contributed by atoms with Crippen molar-refractivity contribution >= 4 is 5.97 Å². The molecule has 14 heavy (non-hydrogen) atoms. The van der Waals surface area contributed by atoms with E-state index >= 15 is 0 Å². The lowest BCUT2D eigenvalue weighted by molar-refractivity contribution is 0.0593. The molecular formula is C10H14N2O2. The zero-order valence-corrected chi connectivity index (χ0v) is 8.36. The van der Waals surface area contributed by atoms with Crippen LogP contribution < -0.4 is 5.73 Å². The predicted octanol–water partition coefficient (Wildman–Crippen LogP) is 1.28. The molecule has 0 saturated heterocycles. The first kappa shape index (κ1) is 10.7. The van der Waals surface area contributed by atoms with Crippen molar-refractivity contribution in [3.05, 3.63) is 29.6 Å². The minimum atomic E-state index is -0.435. The normalized spacial score (nSPS) is 12.2. The van der Waals surface area contributed by atoms with Gasteiger partial charge in [0.1, 0.15) is 5.69 Å². The minimum absolute atomic E-state index is 0.125. The van der Waals surface area contributed by atoms with Crippen LogP contribution in [0.5, 0.6) is 0 Å². The molecule has 1 unspecified atom stereocenters. The monoisotopic (exact) mass is 194 g/mol. The van der Waals surface area contributed by atoms with E-state index in [1.165, 1.54) is 7.11 Å². The van der Waals surface area contributed by atoms with Gasteiger partial charge in [0.25, 0.3) is 0 Å². The number of carbonyl (C=O) groups excluding carboxylic acids is 1. The Labute approximate surface area is 83.1 Å². The second kappa shape index (κ2) is 4.72. The molecule has 1 rings (SSSR count). The highest BCUT2D eigenvalue weighted by Crippen LogP contribution is 2.11. The molecule has 0 aliphatic rings. The summed E-state index contributed by atoms with van der Waals surface area (Å²) in [7, 11) is 1.33. The summed E-state index contributed by atoms with van der Waals surface area (Å²) in [5.41, 5.74) is 6.81. The van der Waals surface area contributed by atoms with E-state index in [1.54, 1.807) is 18.2 Å². The summed E-state index contributed by atoms with van der Waals surface area (Å²) in [5.74, 6) is -0.435. The second-order valence-corrected chi connectivity index (χ2v) is 2.95. The molecule has 0 saturated carbocycles. The number of esters is 1. The van der Waals surface area contributed by atoms with E-state index in [-0.39, 0.29) is 6.04 Å². The van der Waals surface area contributed by atoms with Crippen LogP contribution in [0.2, 0.25) is 0 Å². The fourth-order valence-electron chi connectivity index (χ4n) is 1.09. The summed E-state index contributed by atoms with van der Waals surface area (Å²) in [5, 5.41) is 0. The Balaban J connectivity index is 2.95. The van der Waals surface area contributed by atoms with Gasteiger partial charge in [0, 0.05) is 6.04 Å². The maximum Gasteiger partial charge on any atom is 0.356 e. The van der Waals surface area contributed by atoms with Crippen LogP contribution in [0.4, 0.5) is 0 Å². The molecule has 2 N–H and O–H groups in total. The maximum absolute atomic E-state index is 11.2. The fraction of sp³-hybridized carbons (Fsp3) is 0.400. The van der Waals surface area contributed by atoms with Gasteiger partial charge in [0.2, 0.25) is 0 Å². The smallest absolute Gasteiger partial charge is 0.356 e. The van der Waals surface area contributed by atoms with E-state index in [1.807, 2.05) is 6.92 Å². The molecule has 1 atom stereocenters. The highest BCUT2D eigenvalue weighted by molar-refractivity contribution is 5.87. The van der Waals surface area contributed by atoms with E-state index in [9.17, 15) is 4.79 Å². The number of nitrogens with zero attached hydrogens (tertiary/aromatic N) is 1. The van der Waals surface area contributed by atoms with Gasteiger partial charge in [0.05, 0.1) is 12.8 Å². The van der Waals surface area contributed by atoms with Gasteiger partial charge in [-0.15, -0.1) is 0 Å². The van der Waals surface area contributed by atoms with Crippen molar-refractivity contribution < 1.29 is 9.53 Å². The predicted molar refractivity (Wildman–Crippen MR) is 52.8 cm³/mol. The third-order valence-electron chi connectivity index (χ3n) is 1.98. The average molecular weight is 194 g/mol. The summed E-state index contributed by atoms with van der Waals surface area (Å²) in [6.45, 7) is 1.97. The molecule has 4 heteroatoms. The van der Waals surface area contributed by atoms with Crippen molar-refractivity contribution in [1.29, 1.82) is 0 Å². The van der Waals surface area contributed by atoms with Crippen molar-refractivity contribution in [1.82, 2.24) is 4.98 Å². The van der Waals surface area contributed by atoms with Gasteiger partial charge in [-0.05, 0) is 18.6 Å². The van der Waals surface area contributed by atoms with Crippen molar-refractivity contribution in [2.45, 2.75) is 19.4 Å². The molecule has 0 bridgehead atoms. The molecule has 76 valence electrons. The third kappa shape index (κ3) is 2.29. The van der Waals surface area contributed by atoms with E-state index in [0.717, 1.165) is 12.1 Å². The molecule has 0 aliphatic carbocycles. The number of rotatable bonds is 3. The molecule has 0 aliphatic heterocycles. The summed E-state index contributed by atoms with van der Waals surface area (Å²) in [6.07, 6.45) is 0.789. The quantitative estimate of drug-likeness (QED) is 0.736. The number of carbonyl (C=O) groups is 1. The first-order valence-corrected chi connectivity index (χ1v) is 4.50. The molecule has 4 nitrogen and oxygen atoms in total. The lowest BCUT2D eigenvalue weighted by atomic mass is 10.1. The van der Waals surface area contributed by atoms with Crippen LogP contribution in [-0.4, -0.2) is 18.1 Å². The van der Waals surface area contributed by atoms with Gasteiger partial charge in [-0.3, -0.25) is 0 Å². The van der Waals surface area contributed by atoms with E-state index in [2.05, 4.69) is 9.72 Å². The lowest BCUT2D eigenvalue weighted by Gasteiger charge is -2.08. The van der Waals surface area contributed by atoms with Crippen molar-refractivity contribution in [2.75, 3.05) is 7.11 Å². The Morgan fingerprint density at radius 3 is 2.93 bits per heavy atom. The van der Waals surface area contributed by atoms with Crippen molar-refractivity contribution in [2.24, 2.45) is 5.73 Å². The second-order valence-electron chi connectivity index (χ2n) is 2.95. The van der Waals surface area contributed by atoms with Crippen molar-refractivity contribution in [3.8, 4) is 0 Å². The number of aromatic nitrogens is 1. The van der Waals surface area contributed by atoms with Crippen LogP contribution in [0, 0.1) is 0 Å². The van der Waals surface area contributed by atoms with Crippen LogP contribution in [0.1, 0.15) is 35.6 Å². The van der Waals surface area contributed by atoms with Gasteiger partial charge >= 0.3 is 5.97 Å². The molecule has 0 amide bonds. The zero-order chi connectivity index (χ0) is 10.6. The summed E-state index contributed by atoms with van der Waals surface area (Å²) >= 11 is 0. The molecule has 1 heterocycles. The summed E-state index contributed by atoms with van der Waals surface area (Å²) < 4.78 is 4.56. The van der Waals surface area contributed by atoms with Gasteiger partial charge in [-0.1, -0.05) is 13.0 Å². The van der Waals surface area contributed by atoms with Crippen LogP contribution in [-0.2, 0) is 4.74 Å². The van der Waals surface area contributed by atoms with Gasteiger partial charge < -0.3 is 10.5 Å². The molecule has 0 spiro atoms. The SMILES string of the molecule is CCC(N)c1cccc(C(=O)OC)n1.